The number of unbranched alkanes of at least 4 members (excludes halogenated alkanes) is 25. The summed E-state index contributed by atoms with van der Waals surface area (Å²) in [6, 6.07) is 0.672. The molecule has 0 radical (unpaired) electrons. The fraction of sp³-hybridized carbons (Fsp3) is 0.964. The second-order valence-corrected chi connectivity index (χ2v) is 17.7. The first-order valence-electron chi connectivity index (χ1n) is 25.8. The molecule has 0 fully saturated rings. The number of rotatable bonds is 46. The Bertz CT molecular complexity index is 705. The average Bonchev–Trinajstić information content (AvgIpc) is 3.20. The summed E-state index contributed by atoms with van der Waals surface area (Å²) in [6.45, 7) is 24.6. The summed E-state index contributed by atoms with van der Waals surface area (Å²) in [5.41, 5.74) is 0. The van der Waals surface area contributed by atoms with Crippen LogP contribution in [0.4, 0.5) is 0 Å². The first-order chi connectivity index (χ1) is 27.5. The lowest BCUT2D eigenvalue weighted by atomic mass is 10.0. The number of nitrogens with zero attached hydrogens (tertiary/aromatic N) is 1. The summed E-state index contributed by atoms with van der Waals surface area (Å²) < 4.78 is 11.9. The van der Waals surface area contributed by atoms with Crippen LogP contribution in [0.25, 0.3) is 0 Å². The summed E-state index contributed by atoms with van der Waals surface area (Å²) in [7, 11) is 2.12. The van der Waals surface area contributed by atoms with Gasteiger partial charge in [-0.1, -0.05) is 231 Å². The number of hydrogen-bond acceptors (Lipinski definition) is 4. The standard InChI is InChI=1S/C43H88N2O2.C9H20.3CH4/c1-7-10-12-14-16-23-29-38-46-40-41(4)32-25-19-18-21-27-35-45(37-31-34-43(9-3)44-6)36-28-22-20-26-33-42(5)47-39-30-24-17-15-13-11-8-2;1-3-5-7-9-8-6-4-2;;;/h41,43-44H,5,7-40H2,1-4,6H3;3-9H2,1-2H3;3*1H4. The van der Waals surface area contributed by atoms with E-state index in [0.717, 1.165) is 32.0 Å². The molecule has 0 saturated carbocycles. The van der Waals surface area contributed by atoms with Crippen LogP contribution in [0, 0.1) is 5.92 Å². The van der Waals surface area contributed by atoms with E-state index in [0.29, 0.717) is 12.0 Å². The molecule has 4 nitrogen and oxygen atoms in total. The molecule has 1 N–H and O–H groups in total. The van der Waals surface area contributed by atoms with E-state index in [-0.39, 0.29) is 22.3 Å². The van der Waals surface area contributed by atoms with Crippen molar-refractivity contribution in [3.05, 3.63) is 12.3 Å². The molecule has 0 saturated heterocycles. The molecule has 362 valence electrons. The monoisotopic (exact) mass is 841 g/mol. The highest BCUT2D eigenvalue weighted by atomic mass is 16.5. The van der Waals surface area contributed by atoms with Crippen LogP contribution in [0.15, 0.2) is 12.3 Å². The SMILES string of the molecule is C.C.C.C=C(CCCCCCN(CCCCCCCC(C)COCCCCCCCCC)CCCC(CC)NC)OCCCCCCCCC.CCCCCCCCC. The highest BCUT2D eigenvalue weighted by Crippen LogP contribution is 2.16. The Morgan fingerprint density at radius 1 is 0.475 bits per heavy atom. The van der Waals surface area contributed by atoms with Crippen LogP contribution >= 0.6 is 0 Å². The van der Waals surface area contributed by atoms with Gasteiger partial charge in [0.25, 0.3) is 0 Å². The predicted molar refractivity (Wildman–Crippen MR) is 275 cm³/mol. The maximum Gasteiger partial charge on any atom is 0.0888 e. The molecular formula is C55H120N2O2. The Hall–Kier alpha value is -0.580. The Kier molecular flexibility index (Phi) is 68.1. The van der Waals surface area contributed by atoms with Gasteiger partial charge in [-0.25, -0.2) is 0 Å². The molecule has 0 amide bonds. The van der Waals surface area contributed by atoms with Crippen molar-refractivity contribution in [1.29, 1.82) is 0 Å². The smallest absolute Gasteiger partial charge is 0.0888 e. The Balaban J connectivity index is -0.000000719. The van der Waals surface area contributed by atoms with Gasteiger partial charge in [-0.3, -0.25) is 0 Å². The van der Waals surface area contributed by atoms with E-state index in [1.165, 1.54) is 238 Å². The fourth-order valence-electron chi connectivity index (χ4n) is 7.73. The first-order valence-corrected chi connectivity index (χ1v) is 25.8. The lowest BCUT2D eigenvalue weighted by Gasteiger charge is -2.23. The van der Waals surface area contributed by atoms with Gasteiger partial charge in [0.2, 0.25) is 0 Å². The number of nitrogens with one attached hydrogen (secondary N) is 1. The van der Waals surface area contributed by atoms with Crippen LogP contribution in [-0.4, -0.2) is 57.4 Å². The van der Waals surface area contributed by atoms with E-state index < -0.39 is 0 Å². The van der Waals surface area contributed by atoms with Gasteiger partial charge in [-0.15, -0.1) is 0 Å². The predicted octanol–water partition coefficient (Wildman–Crippen LogP) is 18.7. The van der Waals surface area contributed by atoms with Crippen molar-refractivity contribution in [1.82, 2.24) is 10.2 Å². The molecule has 0 rings (SSSR count). The fourth-order valence-corrected chi connectivity index (χ4v) is 7.73. The maximum absolute atomic E-state index is 5.98. The molecule has 0 heterocycles. The summed E-state index contributed by atoms with van der Waals surface area (Å²) in [5, 5.41) is 3.49. The second kappa shape index (κ2) is 59.5. The highest BCUT2D eigenvalue weighted by molar-refractivity contribution is 4.81. The Morgan fingerprint density at radius 2 is 0.864 bits per heavy atom. The number of ether oxygens (including phenoxy) is 2. The van der Waals surface area contributed by atoms with Crippen LogP contribution in [0.3, 0.4) is 0 Å². The van der Waals surface area contributed by atoms with Gasteiger partial charge >= 0.3 is 0 Å². The Morgan fingerprint density at radius 3 is 1.32 bits per heavy atom. The van der Waals surface area contributed by atoms with Crippen molar-refractivity contribution in [2.24, 2.45) is 5.92 Å². The molecule has 2 unspecified atom stereocenters. The lowest BCUT2D eigenvalue weighted by Crippen LogP contribution is -2.30. The molecule has 59 heavy (non-hydrogen) atoms. The maximum atomic E-state index is 5.98. The summed E-state index contributed by atoms with van der Waals surface area (Å²) in [6.07, 6.45) is 47.1. The van der Waals surface area contributed by atoms with Crippen molar-refractivity contribution >= 4 is 0 Å². The molecule has 0 aromatic rings. The quantitative estimate of drug-likeness (QED) is 0.0489. The summed E-state index contributed by atoms with van der Waals surface area (Å²) in [5.74, 6) is 1.72. The molecule has 0 aliphatic heterocycles. The van der Waals surface area contributed by atoms with Gasteiger partial charge in [0.05, 0.1) is 12.4 Å². The lowest BCUT2D eigenvalue weighted by molar-refractivity contribution is 0.0976. The van der Waals surface area contributed by atoms with Gasteiger partial charge in [0, 0.05) is 25.7 Å². The largest absolute Gasteiger partial charge is 0.499 e. The third-order valence-electron chi connectivity index (χ3n) is 11.8. The highest BCUT2D eigenvalue weighted by Gasteiger charge is 2.09. The van der Waals surface area contributed by atoms with Crippen molar-refractivity contribution in [2.75, 3.05) is 46.5 Å². The minimum absolute atomic E-state index is 0. The van der Waals surface area contributed by atoms with Gasteiger partial charge in [0.1, 0.15) is 0 Å². The minimum atomic E-state index is 0. The summed E-state index contributed by atoms with van der Waals surface area (Å²) >= 11 is 0. The van der Waals surface area contributed by atoms with Crippen molar-refractivity contribution in [2.45, 2.75) is 295 Å². The average molecular weight is 842 g/mol. The minimum Gasteiger partial charge on any atom is -0.499 e. The van der Waals surface area contributed by atoms with Gasteiger partial charge < -0.3 is 19.7 Å². The molecule has 0 aliphatic carbocycles. The van der Waals surface area contributed by atoms with Crippen molar-refractivity contribution in [3.63, 3.8) is 0 Å². The van der Waals surface area contributed by atoms with Crippen LogP contribution in [0.1, 0.15) is 289 Å². The zero-order valence-electron chi connectivity index (χ0n) is 40.1. The third kappa shape index (κ3) is 57.4. The van der Waals surface area contributed by atoms with Gasteiger partial charge in [-0.2, -0.15) is 0 Å². The zero-order chi connectivity index (χ0) is 41.4. The molecule has 0 spiro atoms. The normalized spacial score (nSPS) is 11.9. The van der Waals surface area contributed by atoms with E-state index in [2.05, 4.69) is 65.4 Å². The van der Waals surface area contributed by atoms with E-state index in [1.807, 2.05) is 0 Å². The molecule has 0 bridgehead atoms. The van der Waals surface area contributed by atoms with Crippen molar-refractivity contribution in [3.8, 4) is 0 Å². The number of hydrogen-bond donors (Lipinski definition) is 1. The molecule has 0 aromatic carbocycles. The zero-order valence-corrected chi connectivity index (χ0v) is 40.1. The number of allylic oxidation sites excluding steroid dienone is 1. The van der Waals surface area contributed by atoms with Gasteiger partial charge in [0.15, 0.2) is 0 Å². The van der Waals surface area contributed by atoms with Crippen LogP contribution in [0.5, 0.6) is 0 Å². The van der Waals surface area contributed by atoms with Crippen LogP contribution in [-0.2, 0) is 9.47 Å². The van der Waals surface area contributed by atoms with Crippen LogP contribution < -0.4 is 5.32 Å². The molecule has 2 atom stereocenters. The topological polar surface area (TPSA) is 33.7 Å². The van der Waals surface area contributed by atoms with Gasteiger partial charge in [-0.05, 0) is 90.4 Å². The van der Waals surface area contributed by atoms with E-state index in [4.69, 9.17) is 9.47 Å². The molecule has 0 aliphatic rings. The molecular weight excluding hydrogens is 721 g/mol. The van der Waals surface area contributed by atoms with Crippen LogP contribution in [0.2, 0.25) is 0 Å². The first kappa shape index (κ1) is 67.5. The second-order valence-electron chi connectivity index (χ2n) is 17.7. The summed E-state index contributed by atoms with van der Waals surface area (Å²) in [4.78, 5) is 2.78. The molecule has 0 aromatic heterocycles. The third-order valence-corrected chi connectivity index (χ3v) is 11.8. The molecule has 4 heteroatoms. The van der Waals surface area contributed by atoms with E-state index in [9.17, 15) is 0 Å². The van der Waals surface area contributed by atoms with Crippen molar-refractivity contribution < 1.29 is 9.47 Å². The Labute approximate surface area is 377 Å². The van der Waals surface area contributed by atoms with E-state index in [1.54, 1.807) is 0 Å². The van der Waals surface area contributed by atoms with E-state index >= 15 is 0 Å².